The van der Waals surface area contributed by atoms with Crippen molar-refractivity contribution < 1.29 is 14.6 Å². The third-order valence-corrected chi connectivity index (χ3v) is 3.62. The Labute approximate surface area is 136 Å². The molecular weight excluding hydrogens is 292 g/mol. The fraction of sp³-hybridized carbons (Fsp3) is 0.278. The van der Waals surface area contributed by atoms with Crippen molar-refractivity contribution >= 4 is 11.6 Å². The molecule has 0 aliphatic carbocycles. The average Bonchev–Trinajstić information content (AvgIpc) is 2.59. The van der Waals surface area contributed by atoms with Crippen LogP contribution in [-0.2, 0) is 6.54 Å². The van der Waals surface area contributed by atoms with Crippen molar-refractivity contribution in [2.75, 3.05) is 25.6 Å². The molecule has 3 N–H and O–H groups in total. The minimum Gasteiger partial charge on any atom is -0.497 e. The number of hydrogen-bond acceptors (Lipinski definition) is 4. The van der Waals surface area contributed by atoms with Crippen LogP contribution in [0.1, 0.15) is 21.5 Å². The van der Waals surface area contributed by atoms with Gasteiger partial charge in [0.1, 0.15) is 5.75 Å². The second-order valence-corrected chi connectivity index (χ2v) is 5.16. The molecule has 0 radical (unpaired) electrons. The molecule has 2 aromatic rings. The zero-order valence-corrected chi connectivity index (χ0v) is 13.4. The van der Waals surface area contributed by atoms with E-state index < -0.39 is 0 Å². The first-order valence-corrected chi connectivity index (χ1v) is 7.51. The number of amides is 1. The van der Waals surface area contributed by atoms with Crippen molar-refractivity contribution in [2.45, 2.75) is 13.5 Å². The Hall–Kier alpha value is -2.53. The van der Waals surface area contributed by atoms with Gasteiger partial charge >= 0.3 is 0 Å². The van der Waals surface area contributed by atoms with Crippen LogP contribution in [0.3, 0.4) is 0 Å². The van der Waals surface area contributed by atoms with Crippen molar-refractivity contribution in [1.29, 1.82) is 0 Å². The van der Waals surface area contributed by atoms with Gasteiger partial charge in [0.25, 0.3) is 5.91 Å². The van der Waals surface area contributed by atoms with Gasteiger partial charge in [0.05, 0.1) is 13.7 Å². The van der Waals surface area contributed by atoms with Gasteiger partial charge in [-0.2, -0.15) is 0 Å². The molecule has 2 aromatic carbocycles. The Kier molecular flexibility index (Phi) is 6.00. The standard InChI is InChI=1S/C18H22N2O3/c1-13-16(18(22)19-10-11-21)4-3-5-17(13)20-12-14-6-8-15(23-2)9-7-14/h3-9,20-21H,10-12H2,1-2H3,(H,19,22). The Morgan fingerprint density at radius 1 is 1.17 bits per heavy atom. The van der Waals surface area contributed by atoms with E-state index in [1.54, 1.807) is 13.2 Å². The third kappa shape index (κ3) is 4.47. The fourth-order valence-electron chi connectivity index (χ4n) is 2.28. The molecule has 0 aliphatic rings. The summed E-state index contributed by atoms with van der Waals surface area (Å²) < 4.78 is 5.14. The molecule has 0 bridgehead atoms. The number of anilines is 1. The molecule has 0 saturated carbocycles. The van der Waals surface area contributed by atoms with E-state index in [0.717, 1.165) is 22.6 Å². The van der Waals surface area contributed by atoms with E-state index in [1.807, 2.05) is 43.3 Å². The molecule has 0 fully saturated rings. The number of carbonyl (C=O) groups is 1. The summed E-state index contributed by atoms with van der Waals surface area (Å²) in [5.41, 5.74) is 3.53. The highest BCUT2D eigenvalue weighted by molar-refractivity contribution is 5.97. The predicted octanol–water partition coefficient (Wildman–Crippen LogP) is 2.34. The predicted molar refractivity (Wildman–Crippen MR) is 90.9 cm³/mol. The van der Waals surface area contributed by atoms with E-state index in [-0.39, 0.29) is 19.1 Å². The second kappa shape index (κ2) is 8.19. The highest BCUT2D eigenvalue weighted by Gasteiger charge is 2.11. The van der Waals surface area contributed by atoms with Gasteiger partial charge in [0, 0.05) is 24.3 Å². The van der Waals surface area contributed by atoms with E-state index in [9.17, 15) is 4.79 Å². The van der Waals surface area contributed by atoms with Crippen molar-refractivity contribution in [3.63, 3.8) is 0 Å². The molecule has 0 aliphatic heterocycles. The minimum absolute atomic E-state index is 0.0692. The highest BCUT2D eigenvalue weighted by atomic mass is 16.5. The van der Waals surface area contributed by atoms with Crippen LogP contribution >= 0.6 is 0 Å². The SMILES string of the molecule is COc1ccc(CNc2cccc(C(=O)NCCO)c2C)cc1. The number of aliphatic hydroxyl groups is 1. The van der Waals surface area contributed by atoms with E-state index in [2.05, 4.69) is 10.6 Å². The van der Waals surface area contributed by atoms with E-state index in [4.69, 9.17) is 9.84 Å². The number of ether oxygens (including phenoxy) is 1. The molecule has 0 saturated heterocycles. The number of rotatable bonds is 7. The van der Waals surface area contributed by atoms with Gasteiger partial charge in [0.2, 0.25) is 0 Å². The molecule has 2 rings (SSSR count). The summed E-state index contributed by atoms with van der Waals surface area (Å²) in [7, 11) is 1.64. The van der Waals surface area contributed by atoms with Gasteiger partial charge in [-0.05, 0) is 42.3 Å². The van der Waals surface area contributed by atoms with Crippen LogP contribution in [0.15, 0.2) is 42.5 Å². The monoisotopic (exact) mass is 314 g/mol. The Morgan fingerprint density at radius 2 is 1.91 bits per heavy atom. The lowest BCUT2D eigenvalue weighted by Gasteiger charge is -2.13. The fourth-order valence-corrected chi connectivity index (χ4v) is 2.28. The first-order valence-electron chi connectivity index (χ1n) is 7.51. The van der Waals surface area contributed by atoms with E-state index >= 15 is 0 Å². The molecule has 5 nitrogen and oxygen atoms in total. The normalized spacial score (nSPS) is 10.2. The maximum absolute atomic E-state index is 12.1. The number of benzene rings is 2. The van der Waals surface area contributed by atoms with Crippen LogP contribution in [-0.4, -0.2) is 31.3 Å². The van der Waals surface area contributed by atoms with Crippen LogP contribution in [0.25, 0.3) is 0 Å². The van der Waals surface area contributed by atoms with Crippen molar-refractivity contribution in [1.82, 2.24) is 5.32 Å². The number of hydrogen-bond donors (Lipinski definition) is 3. The molecule has 0 atom stereocenters. The second-order valence-electron chi connectivity index (χ2n) is 5.16. The van der Waals surface area contributed by atoms with Crippen LogP contribution < -0.4 is 15.4 Å². The molecule has 23 heavy (non-hydrogen) atoms. The summed E-state index contributed by atoms with van der Waals surface area (Å²) in [6.45, 7) is 2.75. The Balaban J connectivity index is 2.06. The zero-order chi connectivity index (χ0) is 16.7. The molecule has 0 heterocycles. The van der Waals surface area contributed by atoms with Gasteiger partial charge in [0.15, 0.2) is 0 Å². The van der Waals surface area contributed by atoms with Gasteiger partial charge in [-0.3, -0.25) is 4.79 Å². The summed E-state index contributed by atoms with van der Waals surface area (Å²) in [5, 5.41) is 14.8. The van der Waals surface area contributed by atoms with E-state index in [0.29, 0.717) is 12.1 Å². The summed E-state index contributed by atoms with van der Waals surface area (Å²) >= 11 is 0. The van der Waals surface area contributed by atoms with E-state index in [1.165, 1.54) is 0 Å². The average molecular weight is 314 g/mol. The highest BCUT2D eigenvalue weighted by Crippen LogP contribution is 2.20. The summed E-state index contributed by atoms with van der Waals surface area (Å²) in [6, 6.07) is 13.4. The zero-order valence-electron chi connectivity index (χ0n) is 13.4. The topological polar surface area (TPSA) is 70.6 Å². The van der Waals surface area contributed by atoms with Gasteiger partial charge in [-0.25, -0.2) is 0 Å². The van der Waals surface area contributed by atoms with Crippen LogP contribution in [0.5, 0.6) is 5.75 Å². The van der Waals surface area contributed by atoms with Crippen LogP contribution in [0.4, 0.5) is 5.69 Å². The molecule has 1 amide bonds. The molecular formula is C18H22N2O3. The molecule has 5 heteroatoms. The lowest BCUT2D eigenvalue weighted by molar-refractivity contribution is 0.0944. The van der Waals surface area contributed by atoms with Crippen molar-refractivity contribution in [2.24, 2.45) is 0 Å². The van der Waals surface area contributed by atoms with Crippen molar-refractivity contribution in [3.05, 3.63) is 59.2 Å². The number of aliphatic hydroxyl groups excluding tert-OH is 1. The van der Waals surface area contributed by atoms with Gasteiger partial charge in [-0.15, -0.1) is 0 Å². The van der Waals surface area contributed by atoms with Gasteiger partial charge < -0.3 is 20.5 Å². The lowest BCUT2D eigenvalue weighted by atomic mass is 10.1. The van der Waals surface area contributed by atoms with Gasteiger partial charge in [-0.1, -0.05) is 18.2 Å². The first-order chi connectivity index (χ1) is 11.2. The molecule has 0 spiro atoms. The number of methoxy groups -OCH3 is 1. The van der Waals surface area contributed by atoms with Crippen LogP contribution in [0.2, 0.25) is 0 Å². The molecule has 0 aromatic heterocycles. The third-order valence-electron chi connectivity index (χ3n) is 3.62. The quantitative estimate of drug-likeness (QED) is 0.733. The maximum atomic E-state index is 12.1. The Bertz CT molecular complexity index is 654. The maximum Gasteiger partial charge on any atom is 0.251 e. The minimum atomic E-state index is -0.176. The summed E-state index contributed by atoms with van der Waals surface area (Å²) in [5.74, 6) is 0.650. The first kappa shape index (κ1) is 16.8. The lowest BCUT2D eigenvalue weighted by Crippen LogP contribution is -2.27. The number of carbonyl (C=O) groups excluding carboxylic acids is 1. The summed E-state index contributed by atoms with van der Waals surface area (Å²) in [4.78, 5) is 12.1. The Morgan fingerprint density at radius 3 is 2.57 bits per heavy atom. The largest absolute Gasteiger partial charge is 0.497 e. The molecule has 0 unspecified atom stereocenters. The molecule has 122 valence electrons. The van der Waals surface area contributed by atoms with Crippen LogP contribution in [0, 0.1) is 6.92 Å². The number of nitrogens with one attached hydrogen (secondary N) is 2. The van der Waals surface area contributed by atoms with Crippen molar-refractivity contribution in [3.8, 4) is 5.75 Å². The smallest absolute Gasteiger partial charge is 0.251 e. The summed E-state index contributed by atoms with van der Waals surface area (Å²) in [6.07, 6.45) is 0.